The van der Waals surface area contributed by atoms with Crippen LogP contribution in [0, 0.1) is 19.8 Å². The summed E-state index contributed by atoms with van der Waals surface area (Å²) in [6, 6.07) is 0. The molecule has 0 saturated heterocycles. The lowest BCUT2D eigenvalue weighted by Gasteiger charge is -2.10. The van der Waals surface area contributed by atoms with Crippen LogP contribution < -0.4 is 10.0 Å². The molecule has 0 bridgehead atoms. The number of nitrogens with one attached hydrogen (secondary N) is 2. The Morgan fingerprint density at radius 2 is 1.85 bits per heavy atom. The summed E-state index contributed by atoms with van der Waals surface area (Å²) < 4.78 is 33.0. The zero-order chi connectivity index (χ0) is 15.3. The second-order valence-electron chi connectivity index (χ2n) is 5.44. The van der Waals surface area contributed by atoms with E-state index >= 15 is 0 Å². The highest BCUT2D eigenvalue weighted by Gasteiger charge is 2.26. The maximum atomic E-state index is 12.4. The highest BCUT2D eigenvalue weighted by Crippen LogP contribution is 2.26. The van der Waals surface area contributed by atoms with Gasteiger partial charge in [0.25, 0.3) is 0 Å². The van der Waals surface area contributed by atoms with Crippen molar-refractivity contribution in [3.8, 4) is 0 Å². The van der Waals surface area contributed by atoms with E-state index in [1.165, 1.54) is 0 Å². The number of rotatable bonds is 8. The number of aryl methyl sites for hydroxylation is 2. The molecule has 0 unspecified atom stereocenters. The minimum absolute atomic E-state index is 0.264. The average molecular weight is 302 g/mol. The molecule has 1 rings (SSSR count). The average Bonchev–Trinajstić information content (AvgIpc) is 2.63. The van der Waals surface area contributed by atoms with Gasteiger partial charge in [-0.25, -0.2) is 13.1 Å². The number of hydrogen-bond acceptors (Lipinski definition) is 4. The SMILES string of the molecule is CCCNCc1c(C)oc(C)c1S(=O)(=O)NCC(C)C. The van der Waals surface area contributed by atoms with Gasteiger partial charge in [-0.05, 0) is 32.7 Å². The molecule has 0 aliphatic heterocycles. The highest BCUT2D eigenvalue weighted by atomic mass is 32.2. The van der Waals surface area contributed by atoms with E-state index in [4.69, 9.17) is 4.42 Å². The van der Waals surface area contributed by atoms with Gasteiger partial charge in [-0.1, -0.05) is 20.8 Å². The third-order valence-electron chi connectivity index (χ3n) is 3.00. The van der Waals surface area contributed by atoms with Crippen molar-refractivity contribution >= 4 is 10.0 Å². The minimum atomic E-state index is -3.52. The molecule has 0 aliphatic carbocycles. The van der Waals surface area contributed by atoms with Crippen LogP contribution in [0.15, 0.2) is 9.31 Å². The lowest BCUT2D eigenvalue weighted by Crippen LogP contribution is -2.29. The normalized spacial score (nSPS) is 12.3. The summed E-state index contributed by atoms with van der Waals surface area (Å²) >= 11 is 0. The van der Waals surface area contributed by atoms with E-state index in [0.717, 1.165) is 18.5 Å². The first kappa shape index (κ1) is 17.2. The molecular formula is C14H26N2O3S. The maximum absolute atomic E-state index is 12.4. The molecule has 116 valence electrons. The first-order valence-electron chi connectivity index (χ1n) is 7.08. The van der Waals surface area contributed by atoms with Crippen molar-refractivity contribution in [1.29, 1.82) is 0 Å². The summed E-state index contributed by atoms with van der Waals surface area (Å²) in [6.45, 7) is 11.3. The molecule has 0 aromatic carbocycles. The summed E-state index contributed by atoms with van der Waals surface area (Å²) in [4.78, 5) is 0.291. The predicted octanol–water partition coefficient (Wildman–Crippen LogP) is 2.33. The Hall–Kier alpha value is -0.850. The summed E-state index contributed by atoms with van der Waals surface area (Å²) in [6.07, 6.45) is 1.00. The van der Waals surface area contributed by atoms with Crippen LogP contribution in [0.2, 0.25) is 0 Å². The van der Waals surface area contributed by atoms with Gasteiger partial charge in [0.15, 0.2) is 0 Å². The quantitative estimate of drug-likeness (QED) is 0.723. The summed E-state index contributed by atoms with van der Waals surface area (Å²) in [5.41, 5.74) is 0.729. The highest BCUT2D eigenvalue weighted by molar-refractivity contribution is 7.89. The molecular weight excluding hydrogens is 276 g/mol. The first-order chi connectivity index (χ1) is 9.29. The van der Waals surface area contributed by atoms with Gasteiger partial charge in [-0.2, -0.15) is 0 Å². The van der Waals surface area contributed by atoms with Crippen molar-refractivity contribution in [2.24, 2.45) is 5.92 Å². The predicted molar refractivity (Wildman–Crippen MR) is 80.2 cm³/mol. The third kappa shape index (κ3) is 4.33. The third-order valence-corrected chi connectivity index (χ3v) is 4.62. The molecule has 0 radical (unpaired) electrons. The molecule has 0 spiro atoms. The standard InChI is InChI=1S/C14H26N2O3S/c1-6-7-15-9-13-11(4)19-12(5)14(13)20(17,18)16-8-10(2)3/h10,15-16H,6-9H2,1-5H3. The number of sulfonamides is 1. The van der Waals surface area contributed by atoms with Gasteiger partial charge in [-0.3, -0.25) is 0 Å². The van der Waals surface area contributed by atoms with Gasteiger partial charge in [-0.15, -0.1) is 0 Å². The Kier molecular flexibility index (Phi) is 6.23. The lowest BCUT2D eigenvalue weighted by molar-refractivity contribution is 0.492. The summed E-state index contributed by atoms with van der Waals surface area (Å²) in [5.74, 6) is 1.38. The van der Waals surface area contributed by atoms with Crippen molar-refractivity contribution < 1.29 is 12.8 Å². The van der Waals surface area contributed by atoms with Crippen LogP contribution >= 0.6 is 0 Å². The van der Waals surface area contributed by atoms with Crippen LogP contribution in [0.5, 0.6) is 0 Å². The summed E-state index contributed by atoms with van der Waals surface area (Å²) in [7, 11) is -3.52. The molecule has 2 N–H and O–H groups in total. The Morgan fingerprint density at radius 1 is 1.20 bits per heavy atom. The van der Waals surface area contributed by atoms with E-state index < -0.39 is 10.0 Å². The van der Waals surface area contributed by atoms with Crippen molar-refractivity contribution in [3.63, 3.8) is 0 Å². The van der Waals surface area contributed by atoms with Gasteiger partial charge in [0, 0.05) is 18.7 Å². The van der Waals surface area contributed by atoms with Crippen LogP contribution in [0.1, 0.15) is 44.3 Å². The monoisotopic (exact) mass is 302 g/mol. The van der Waals surface area contributed by atoms with Crippen molar-refractivity contribution in [3.05, 3.63) is 17.1 Å². The lowest BCUT2D eigenvalue weighted by atomic mass is 10.2. The van der Waals surface area contributed by atoms with Gasteiger partial charge in [0.1, 0.15) is 16.4 Å². The molecule has 0 saturated carbocycles. The van der Waals surface area contributed by atoms with Gasteiger partial charge in [0.05, 0.1) is 0 Å². The molecule has 5 nitrogen and oxygen atoms in total. The Labute approximate surface area is 122 Å². The largest absolute Gasteiger partial charge is 0.465 e. The van der Waals surface area contributed by atoms with E-state index in [1.807, 2.05) is 13.8 Å². The zero-order valence-corrected chi connectivity index (χ0v) is 13.9. The second-order valence-corrected chi connectivity index (χ2v) is 7.15. The molecule has 0 fully saturated rings. The van der Waals surface area contributed by atoms with Gasteiger partial charge < -0.3 is 9.73 Å². The molecule has 1 heterocycles. The topological polar surface area (TPSA) is 71.3 Å². The van der Waals surface area contributed by atoms with Gasteiger partial charge >= 0.3 is 0 Å². The van der Waals surface area contributed by atoms with Crippen LogP contribution in [0.4, 0.5) is 0 Å². The van der Waals surface area contributed by atoms with E-state index in [2.05, 4.69) is 17.0 Å². The summed E-state index contributed by atoms with van der Waals surface area (Å²) in [5, 5.41) is 3.23. The van der Waals surface area contributed by atoms with E-state index in [1.54, 1.807) is 13.8 Å². The first-order valence-corrected chi connectivity index (χ1v) is 8.57. The zero-order valence-electron chi connectivity index (χ0n) is 13.0. The Bertz CT molecular complexity index is 533. The second kappa shape index (κ2) is 7.24. The fourth-order valence-corrected chi connectivity index (χ4v) is 3.66. The fourth-order valence-electron chi connectivity index (χ4n) is 2.00. The fraction of sp³-hybridized carbons (Fsp3) is 0.714. The molecule has 1 aromatic rings. The van der Waals surface area contributed by atoms with Crippen LogP contribution in [-0.4, -0.2) is 21.5 Å². The number of furan rings is 1. The van der Waals surface area contributed by atoms with E-state index in [9.17, 15) is 8.42 Å². The maximum Gasteiger partial charge on any atom is 0.244 e. The minimum Gasteiger partial charge on any atom is -0.465 e. The van der Waals surface area contributed by atoms with Gasteiger partial charge in [0.2, 0.25) is 10.0 Å². The van der Waals surface area contributed by atoms with Crippen molar-refractivity contribution in [1.82, 2.24) is 10.0 Å². The molecule has 0 aliphatic rings. The van der Waals surface area contributed by atoms with Crippen molar-refractivity contribution in [2.75, 3.05) is 13.1 Å². The Balaban J connectivity index is 3.03. The molecule has 1 aromatic heterocycles. The Morgan fingerprint density at radius 3 is 2.40 bits per heavy atom. The van der Waals surface area contributed by atoms with Crippen LogP contribution in [-0.2, 0) is 16.6 Å². The van der Waals surface area contributed by atoms with Crippen molar-refractivity contribution in [2.45, 2.75) is 52.5 Å². The van der Waals surface area contributed by atoms with Crippen LogP contribution in [0.25, 0.3) is 0 Å². The molecule has 0 amide bonds. The van der Waals surface area contributed by atoms with E-state index in [-0.39, 0.29) is 5.92 Å². The number of hydrogen-bond donors (Lipinski definition) is 2. The molecule has 0 atom stereocenters. The smallest absolute Gasteiger partial charge is 0.244 e. The van der Waals surface area contributed by atoms with Crippen LogP contribution in [0.3, 0.4) is 0 Å². The van der Waals surface area contributed by atoms with E-state index in [0.29, 0.717) is 29.5 Å². The molecule has 6 heteroatoms. The molecule has 20 heavy (non-hydrogen) atoms.